The summed E-state index contributed by atoms with van der Waals surface area (Å²) in [6.07, 6.45) is 0. The summed E-state index contributed by atoms with van der Waals surface area (Å²) < 4.78 is 5.45. The van der Waals surface area contributed by atoms with Crippen LogP contribution in [0, 0.1) is 6.92 Å². The third-order valence-electron chi connectivity index (χ3n) is 0.901. The Bertz CT molecular complexity index is 307. The van der Waals surface area contributed by atoms with Crippen molar-refractivity contribution in [1.29, 1.82) is 0 Å². The van der Waals surface area contributed by atoms with E-state index in [1.807, 2.05) is 0 Å². The molecule has 1 heterocycles. The zero-order valence-corrected chi connectivity index (χ0v) is 8.19. The lowest BCUT2D eigenvalue weighted by Crippen LogP contribution is -2.03. The maximum absolute atomic E-state index is 10.7. The molecule has 0 N–H and O–H groups in total. The number of rotatable bonds is 0. The first-order valence-corrected chi connectivity index (χ1v) is 4.02. The van der Waals surface area contributed by atoms with Crippen LogP contribution >= 0.6 is 31.9 Å². The third kappa shape index (κ3) is 1.46. The van der Waals surface area contributed by atoms with Crippen molar-refractivity contribution in [3.63, 3.8) is 0 Å². The predicted molar refractivity (Wildman–Crippen MR) is 42.9 cm³/mol. The van der Waals surface area contributed by atoms with Gasteiger partial charge in [-0.3, -0.25) is 0 Å². The lowest BCUT2D eigenvalue weighted by molar-refractivity contribution is 0.462. The molecule has 1 rings (SSSR count). The fourth-order valence-corrected chi connectivity index (χ4v) is 1.19. The van der Waals surface area contributed by atoms with Gasteiger partial charge in [-0.15, -0.1) is 0 Å². The molecule has 0 amide bonds. The van der Waals surface area contributed by atoms with E-state index < -0.39 is 5.63 Å². The molecule has 0 saturated heterocycles. The summed E-state index contributed by atoms with van der Waals surface area (Å²) >= 11 is 6.04. The second-order valence-electron chi connectivity index (χ2n) is 1.64. The van der Waals surface area contributed by atoms with Crippen LogP contribution in [0.15, 0.2) is 18.4 Å². The van der Waals surface area contributed by atoms with E-state index in [-0.39, 0.29) is 4.60 Å². The van der Waals surface area contributed by atoms with E-state index in [9.17, 15) is 4.79 Å². The molecule has 5 heteroatoms. The fourth-order valence-electron chi connectivity index (χ4n) is 0.434. The molecule has 0 atom stereocenters. The van der Waals surface area contributed by atoms with Crippen molar-refractivity contribution < 1.29 is 4.42 Å². The molecule has 0 aromatic carbocycles. The van der Waals surface area contributed by atoms with E-state index in [1.54, 1.807) is 6.92 Å². The lowest BCUT2D eigenvalue weighted by Gasteiger charge is -1.93. The zero-order chi connectivity index (χ0) is 7.72. The molecule has 1 aromatic heterocycles. The number of halogens is 2. The SMILES string of the molecule is Cc1oc(=O)c(Br)nc1Br. The second kappa shape index (κ2) is 2.84. The van der Waals surface area contributed by atoms with E-state index in [0.29, 0.717) is 10.4 Å². The zero-order valence-electron chi connectivity index (χ0n) is 5.02. The van der Waals surface area contributed by atoms with Crippen molar-refractivity contribution in [2.24, 2.45) is 0 Å². The van der Waals surface area contributed by atoms with Gasteiger partial charge in [-0.25, -0.2) is 9.78 Å². The summed E-state index contributed by atoms with van der Waals surface area (Å²) in [6.45, 7) is 1.66. The van der Waals surface area contributed by atoms with Gasteiger partial charge in [0.25, 0.3) is 0 Å². The third-order valence-corrected chi connectivity index (χ3v) is 2.14. The Morgan fingerprint density at radius 1 is 1.40 bits per heavy atom. The van der Waals surface area contributed by atoms with Crippen LogP contribution in [0.1, 0.15) is 5.76 Å². The van der Waals surface area contributed by atoms with Gasteiger partial charge in [-0.05, 0) is 38.8 Å². The number of hydrogen-bond donors (Lipinski definition) is 0. The van der Waals surface area contributed by atoms with Crippen LogP contribution in [0.4, 0.5) is 0 Å². The Labute approximate surface area is 73.7 Å². The minimum Gasteiger partial charge on any atom is -0.423 e. The van der Waals surface area contributed by atoms with Crippen LogP contribution in [0.3, 0.4) is 0 Å². The maximum atomic E-state index is 10.7. The molecule has 0 bridgehead atoms. The molecule has 0 radical (unpaired) electrons. The first-order valence-electron chi connectivity index (χ1n) is 2.44. The monoisotopic (exact) mass is 267 g/mol. The molecule has 54 valence electrons. The van der Waals surface area contributed by atoms with Gasteiger partial charge in [0.05, 0.1) is 0 Å². The highest BCUT2D eigenvalue weighted by molar-refractivity contribution is 9.11. The molecule has 0 aliphatic carbocycles. The first kappa shape index (κ1) is 7.94. The Hall–Kier alpha value is -0.160. The fraction of sp³-hybridized carbons (Fsp3) is 0.200. The number of nitrogens with zero attached hydrogens (tertiary/aromatic N) is 1. The average Bonchev–Trinajstić information content (AvgIpc) is 1.84. The van der Waals surface area contributed by atoms with Crippen LogP contribution in [-0.4, -0.2) is 4.98 Å². The highest BCUT2D eigenvalue weighted by atomic mass is 79.9. The maximum Gasteiger partial charge on any atom is 0.369 e. The van der Waals surface area contributed by atoms with Crippen molar-refractivity contribution in [2.75, 3.05) is 0 Å². The quantitative estimate of drug-likeness (QED) is 0.722. The van der Waals surface area contributed by atoms with Crippen LogP contribution in [0.5, 0.6) is 0 Å². The van der Waals surface area contributed by atoms with Gasteiger partial charge in [-0.1, -0.05) is 0 Å². The molecule has 0 aliphatic heterocycles. The van der Waals surface area contributed by atoms with Gasteiger partial charge in [0.2, 0.25) is 0 Å². The van der Waals surface area contributed by atoms with E-state index >= 15 is 0 Å². The van der Waals surface area contributed by atoms with Crippen molar-refractivity contribution >= 4 is 31.9 Å². The summed E-state index contributed by atoms with van der Waals surface area (Å²) in [5.41, 5.74) is -0.458. The molecule has 0 unspecified atom stereocenters. The molecular weight excluding hydrogens is 266 g/mol. The van der Waals surface area contributed by atoms with Crippen LogP contribution in [-0.2, 0) is 0 Å². The van der Waals surface area contributed by atoms with E-state index in [2.05, 4.69) is 36.8 Å². The van der Waals surface area contributed by atoms with Gasteiger partial charge in [0.15, 0.2) is 4.60 Å². The minimum atomic E-state index is -0.458. The van der Waals surface area contributed by atoms with Crippen molar-refractivity contribution in [3.05, 3.63) is 25.4 Å². The van der Waals surface area contributed by atoms with Crippen molar-refractivity contribution in [3.8, 4) is 0 Å². The minimum absolute atomic E-state index is 0.185. The molecule has 0 fully saturated rings. The van der Waals surface area contributed by atoms with Crippen LogP contribution in [0.25, 0.3) is 0 Å². The summed E-state index contributed by atoms with van der Waals surface area (Å²) in [4.78, 5) is 14.5. The molecule has 3 nitrogen and oxygen atoms in total. The van der Waals surface area contributed by atoms with Gasteiger partial charge >= 0.3 is 5.63 Å². The highest BCUT2D eigenvalue weighted by Gasteiger charge is 2.03. The topological polar surface area (TPSA) is 43.1 Å². The molecule has 0 saturated carbocycles. The second-order valence-corrected chi connectivity index (χ2v) is 3.14. The first-order chi connectivity index (χ1) is 4.61. The van der Waals surface area contributed by atoms with Gasteiger partial charge < -0.3 is 4.42 Å². The van der Waals surface area contributed by atoms with E-state index in [4.69, 9.17) is 4.42 Å². The Morgan fingerprint density at radius 2 is 2.00 bits per heavy atom. The molecule has 10 heavy (non-hydrogen) atoms. The lowest BCUT2D eigenvalue weighted by atomic mass is 10.6. The Kier molecular flexibility index (Phi) is 2.25. The number of aromatic nitrogens is 1. The summed E-state index contributed by atoms with van der Waals surface area (Å²) in [5, 5.41) is 0. The molecule has 1 aromatic rings. The smallest absolute Gasteiger partial charge is 0.369 e. The summed E-state index contributed by atoms with van der Waals surface area (Å²) in [6, 6.07) is 0. The van der Waals surface area contributed by atoms with Crippen molar-refractivity contribution in [2.45, 2.75) is 6.92 Å². The van der Waals surface area contributed by atoms with Gasteiger partial charge in [0.1, 0.15) is 10.4 Å². The van der Waals surface area contributed by atoms with Crippen molar-refractivity contribution in [1.82, 2.24) is 4.98 Å². The normalized spacial score (nSPS) is 9.90. The average molecular weight is 269 g/mol. The van der Waals surface area contributed by atoms with E-state index in [0.717, 1.165) is 0 Å². The molecule has 0 spiro atoms. The molecule has 0 aliphatic rings. The summed E-state index contributed by atoms with van der Waals surface area (Å²) in [7, 11) is 0. The Morgan fingerprint density at radius 3 is 2.50 bits per heavy atom. The standard InChI is InChI=1S/C5H3Br2NO2/c1-2-3(6)8-4(7)5(9)10-2/h1H3. The van der Waals surface area contributed by atoms with Gasteiger partial charge in [0, 0.05) is 0 Å². The Balaban J connectivity index is 3.43. The van der Waals surface area contributed by atoms with Crippen LogP contribution < -0.4 is 5.63 Å². The highest BCUT2D eigenvalue weighted by Crippen LogP contribution is 2.12. The largest absolute Gasteiger partial charge is 0.423 e. The molecular formula is C5H3Br2NO2. The van der Waals surface area contributed by atoms with E-state index in [1.165, 1.54) is 0 Å². The van der Waals surface area contributed by atoms with Gasteiger partial charge in [-0.2, -0.15) is 0 Å². The van der Waals surface area contributed by atoms with Crippen LogP contribution in [0.2, 0.25) is 0 Å². The predicted octanol–water partition coefficient (Wildman–Crippen LogP) is 1.87. The summed E-state index contributed by atoms with van der Waals surface area (Å²) in [5.74, 6) is 0.480. The number of aryl methyl sites for hydroxylation is 1. The number of hydrogen-bond acceptors (Lipinski definition) is 3.